The Bertz CT molecular complexity index is 1400. The van der Waals surface area contributed by atoms with Crippen molar-refractivity contribution in [2.75, 3.05) is 21.3 Å². The molecule has 5 rings (SSSR count). The maximum absolute atomic E-state index is 14.0. The molecule has 0 atom stereocenters. The first-order valence-corrected chi connectivity index (χ1v) is 11.3. The number of hydrogen-bond donors (Lipinski definition) is 2. The minimum absolute atomic E-state index is 0.135. The number of carbonyl (C=O) groups excluding carboxylic acids is 1. The van der Waals surface area contributed by atoms with E-state index in [1.165, 1.54) is 0 Å². The minimum Gasteiger partial charge on any atom is -0.493 e. The molecule has 1 amide bonds. The van der Waals surface area contributed by atoms with Crippen LogP contribution in [0.3, 0.4) is 0 Å². The Kier molecular flexibility index (Phi) is 6.06. The molecule has 7 nitrogen and oxygen atoms in total. The summed E-state index contributed by atoms with van der Waals surface area (Å²) in [5.41, 5.74) is 4.66. The van der Waals surface area contributed by atoms with Crippen LogP contribution in [0.1, 0.15) is 21.5 Å². The number of benzene rings is 3. The van der Waals surface area contributed by atoms with E-state index in [1.54, 1.807) is 33.5 Å². The van der Waals surface area contributed by atoms with Gasteiger partial charge in [0.1, 0.15) is 0 Å². The number of fused-ring (bicyclic) bond motifs is 2. The number of hydrogen-bond acceptors (Lipinski definition) is 4. The Labute approximate surface area is 203 Å². The predicted molar refractivity (Wildman–Crippen MR) is 136 cm³/mol. The van der Waals surface area contributed by atoms with Crippen molar-refractivity contribution in [1.29, 1.82) is 0 Å². The molecule has 0 bridgehead atoms. The highest BCUT2D eigenvalue weighted by atomic mass is 16.5. The average molecular weight is 470 g/mol. The summed E-state index contributed by atoms with van der Waals surface area (Å²) in [6, 6.07) is 19.7. The smallest absolute Gasteiger partial charge is 0.254 e. The van der Waals surface area contributed by atoms with Gasteiger partial charge in [-0.2, -0.15) is 0 Å². The molecule has 0 saturated heterocycles. The Morgan fingerprint density at radius 3 is 1.71 bits per heavy atom. The molecule has 0 aliphatic rings. The third-order valence-corrected chi connectivity index (χ3v) is 6.29. The first-order valence-electron chi connectivity index (χ1n) is 11.3. The van der Waals surface area contributed by atoms with Crippen LogP contribution < -0.4 is 14.2 Å². The van der Waals surface area contributed by atoms with Gasteiger partial charge in [0.25, 0.3) is 5.91 Å². The number of carbonyl (C=O) groups is 1. The Morgan fingerprint density at radius 2 is 1.26 bits per heavy atom. The molecule has 0 fully saturated rings. The van der Waals surface area contributed by atoms with Crippen molar-refractivity contribution < 1.29 is 19.0 Å². The lowest BCUT2D eigenvalue weighted by atomic mass is 10.1. The lowest BCUT2D eigenvalue weighted by Crippen LogP contribution is -2.30. The van der Waals surface area contributed by atoms with Crippen LogP contribution in [0.25, 0.3) is 21.8 Å². The van der Waals surface area contributed by atoms with Crippen LogP contribution in [0.15, 0.2) is 73.1 Å². The van der Waals surface area contributed by atoms with E-state index in [4.69, 9.17) is 14.2 Å². The van der Waals surface area contributed by atoms with Crippen molar-refractivity contribution in [2.24, 2.45) is 0 Å². The summed E-state index contributed by atoms with van der Waals surface area (Å²) >= 11 is 0. The Balaban J connectivity index is 1.58. The molecule has 0 radical (unpaired) electrons. The fraction of sp³-hybridized carbons (Fsp3) is 0.179. The topological polar surface area (TPSA) is 79.6 Å². The van der Waals surface area contributed by atoms with Crippen LogP contribution in [-0.4, -0.2) is 42.1 Å². The number of methoxy groups -OCH3 is 3. The molecule has 2 N–H and O–H groups in total. The summed E-state index contributed by atoms with van der Waals surface area (Å²) in [4.78, 5) is 22.4. The summed E-state index contributed by atoms with van der Waals surface area (Å²) in [5, 5.41) is 2.19. The summed E-state index contributed by atoms with van der Waals surface area (Å²) in [5.74, 6) is 1.20. The summed E-state index contributed by atoms with van der Waals surface area (Å²) in [6.45, 7) is 0.872. The van der Waals surface area contributed by atoms with E-state index >= 15 is 0 Å². The third-order valence-electron chi connectivity index (χ3n) is 6.29. The van der Waals surface area contributed by atoms with Crippen LogP contribution in [-0.2, 0) is 13.1 Å². The van der Waals surface area contributed by atoms with Gasteiger partial charge < -0.3 is 29.1 Å². The Hall–Kier alpha value is -4.39. The SMILES string of the molecule is COc1cc(C(=O)N(Cc2cccc3[nH]ccc23)Cc2cccc3[nH]ccc23)cc(OC)c1OC. The van der Waals surface area contributed by atoms with Gasteiger partial charge in [0.15, 0.2) is 11.5 Å². The molecule has 0 aliphatic carbocycles. The number of aromatic nitrogens is 2. The normalized spacial score (nSPS) is 11.1. The van der Waals surface area contributed by atoms with E-state index in [0.717, 1.165) is 32.9 Å². The number of nitrogens with one attached hydrogen (secondary N) is 2. The van der Waals surface area contributed by atoms with Crippen molar-refractivity contribution in [3.63, 3.8) is 0 Å². The second kappa shape index (κ2) is 9.46. The van der Waals surface area contributed by atoms with Gasteiger partial charge in [0, 0.05) is 52.9 Å². The van der Waals surface area contributed by atoms with E-state index in [2.05, 4.69) is 22.1 Å². The van der Waals surface area contributed by atoms with Gasteiger partial charge in [-0.1, -0.05) is 24.3 Å². The van der Waals surface area contributed by atoms with Crippen LogP contribution in [0.4, 0.5) is 0 Å². The van der Waals surface area contributed by atoms with Crippen molar-refractivity contribution >= 4 is 27.7 Å². The van der Waals surface area contributed by atoms with Crippen molar-refractivity contribution in [3.05, 3.63) is 89.7 Å². The predicted octanol–water partition coefficient (Wildman–Crippen LogP) is 5.52. The summed E-state index contributed by atoms with van der Waals surface area (Å²) in [6.07, 6.45) is 3.83. The lowest BCUT2D eigenvalue weighted by molar-refractivity contribution is 0.0730. The highest BCUT2D eigenvalue weighted by Gasteiger charge is 2.23. The highest BCUT2D eigenvalue weighted by Crippen LogP contribution is 2.38. The zero-order chi connectivity index (χ0) is 24.4. The first-order chi connectivity index (χ1) is 17.1. The monoisotopic (exact) mass is 469 g/mol. The second-order valence-corrected chi connectivity index (χ2v) is 8.29. The third kappa shape index (κ3) is 4.17. The van der Waals surface area contributed by atoms with Crippen molar-refractivity contribution in [3.8, 4) is 17.2 Å². The number of amides is 1. The minimum atomic E-state index is -0.135. The fourth-order valence-corrected chi connectivity index (χ4v) is 4.57. The van der Waals surface area contributed by atoms with Crippen LogP contribution in [0, 0.1) is 0 Å². The quantitative estimate of drug-likeness (QED) is 0.314. The molecule has 0 spiro atoms. The van der Waals surface area contributed by atoms with E-state index in [0.29, 0.717) is 35.9 Å². The molecule has 0 saturated carbocycles. The lowest BCUT2D eigenvalue weighted by Gasteiger charge is -2.25. The van der Waals surface area contributed by atoms with E-state index in [9.17, 15) is 4.79 Å². The van der Waals surface area contributed by atoms with Crippen LogP contribution >= 0.6 is 0 Å². The fourth-order valence-electron chi connectivity index (χ4n) is 4.57. The number of rotatable bonds is 8. The highest BCUT2D eigenvalue weighted by molar-refractivity contribution is 5.96. The molecule has 7 heteroatoms. The molecule has 2 heterocycles. The van der Waals surface area contributed by atoms with Gasteiger partial charge in [-0.3, -0.25) is 4.79 Å². The van der Waals surface area contributed by atoms with Gasteiger partial charge in [-0.25, -0.2) is 0 Å². The second-order valence-electron chi connectivity index (χ2n) is 8.29. The van der Waals surface area contributed by atoms with Gasteiger partial charge in [-0.05, 0) is 47.5 Å². The van der Waals surface area contributed by atoms with Gasteiger partial charge in [0.2, 0.25) is 5.75 Å². The maximum atomic E-state index is 14.0. The molecule has 5 aromatic rings. The van der Waals surface area contributed by atoms with Crippen molar-refractivity contribution in [2.45, 2.75) is 13.1 Å². The number of H-pyrrole nitrogens is 2. The van der Waals surface area contributed by atoms with Crippen LogP contribution in [0.2, 0.25) is 0 Å². The zero-order valence-electron chi connectivity index (χ0n) is 19.9. The molecule has 0 unspecified atom stereocenters. The standard InChI is InChI=1S/C28H27N3O4/c1-33-25-14-20(15-26(34-2)27(25)35-3)28(32)31(16-18-6-4-8-23-21(18)10-12-29-23)17-19-7-5-9-24-22(19)11-13-30-24/h4-15,29-30H,16-17H2,1-3H3. The number of aromatic amines is 2. The molecule has 0 aliphatic heterocycles. The van der Waals surface area contributed by atoms with Gasteiger partial charge in [-0.15, -0.1) is 0 Å². The van der Waals surface area contributed by atoms with E-state index < -0.39 is 0 Å². The largest absolute Gasteiger partial charge is 0.493 e. The van der Waals surface area contributed by atoms with E-state index in [1.807, 2.05) is 53.7 Å². The maximum Gasteiger partial charge on any atom is 0.254 e. The molecule has 3 aromatic carbocycles. The summed E-state index contributed by atoms with van der Waals surface area (Å²) < 4.78 is 16.4. The van der Waals surface area contributed by atoms with E-state index in [-0.39, 0.29) is 5.91 Å². The van der Waals surface area contributed by atoms with Gasteiger partial charge >= 0.3 is 0 Å². The summed E-state index contributed by atoms with van der Waals surface area (Å²) in [7, 11) is 4.63. The van der Waals surface area contributed by atoms with Gasteiger partial charge in [0.05, 0.1) is 21.3 Å². The number of nitrogens with zero attached hydrogens (tertiary/aromatic N) is 1. The molecule has 2 aromatic heterocycles. The average Bonchev–Trinajstić information content (AvgIpc) is 3.57. The van der Waals surface area contributed by atoms with Crippen molar-refractivity contribution in [1.82, 2.24) is 14.9 Å². The Morgan fingerprint density at radius 1 is 0.743 bits per heavy atom. The molecule has 178 valence electrons. The molecular weight excluding hydrogens is 442 g/mol. The molecular formula is C28H27N3O4. The zero-order valence-corrected chi connectivity index (χ0v) is 19.9. The molecule has 35 heavy (non-hydrogen) atoms. The number of ether oxygens (including phenoxy) is 3. The first kappa shape index (κ1) is 22.4. The van der Waals surface area contributed by atoms with Crippen LogP contribution in [0.5, 0.6) is 17.2 Å².